The summed E-state index contributed by atoms with van der Waals surface area (Å²) < 4.78 is 0. The van der Waals surface area contributed by atoms with E-state index in [4.69, 9.17) is 5.73 Å². The lowest BCUT2D eigenvalue weighted by Crippen LogP contribution is -2.38. The van der Waals surface area contributed by atoms with E-state index in [-0.39, 0.29) is 6.10 Å². The standard InChI is InChI=1S/C11H21NO/c1-8-6-10(8)11(7-12)4-2-9(13)3-5-11/h8-10,13H,2-7,12H2,1H3. The average molecular weight is 183 g/mol. The monoisotopic (exact) mass is 183 g/mol. The van der Waals surface area contributed by atoms with Gasteiger partial charge >= 0.3 is 0 Å². The van der Waals surface area contributed by atoms with Crippen LogP contribution in [0.2, 0.25) is 0 Å². The molecule has 2 fully saturated rings. The molecule has 0 saturated heterocycles. The van der Waals surface area contributed by atoms with Crippen molar-refractivity contribution in [1.82, 2.24) is 0 Å². The zero-order valence-electron chi connectivity index (χ0n) is 8.50. The normalized spacial score (nSPS) is 50.5. The fraction of sp³-hybridized carbons (Fsp3) is 1.00. The van der Waals surface area contributed by atoms with Gasteiger partial charge in [0.25, 0.3) is 0 Å². The predicted molar refractivity (Wildman–Crippen MR) is 53.2 cm³/mol. The quantitative estimate of drug-likeness (QED) is 0.682. The Morgan fingerprint density at radius 3 is 2.31 bits per heavy atom. The zero-order chi connectivity index (χ0) is 9.47. The van der Waals surface area contributed by atoms with Gasteiger partial charge in [-0.2, -0.15) is 0 Å². The molecule has 2 saturated carbocycles. The smallest absolute Gasteiger partial charge is 0.0540 e. The molecule has 13 heavy (non-hydrogen) atoms. The molecule has 2 unspecified atom stereocenters. The van der Waals surface area contributed by atoms with Crippen molar-refractivity contribution in [2.75, 3.05) is 6.54 Å². The van der Waals surface area contributed by atoms with Gasteiger partial charge in [-0.25, -0.2) is 0 Å². The molecule has 0 aliphatic heterocycles. The molecular weight excluding hydrogens is 162 g/mol. The van der Waals surface area contributed by atoms with Crippen LogP contribution in [0.4, 0.5) is 0 Å². The Labute approximate surface area is 80.5 Å². The molecule has 2 aliphatic rings. The Bertz CT molecular complexity index is 185. The number of aliphatic hydroxyl groups excluding tert-OH is 1. The van der Waals surface area contributed by atoms with Crippen molar-refractivity contribution in [1.29, 1.82) is 0 Å². The first-order valence-corrected chi connectivity index (χ1v) is 5.56. The molecule has 0 spiro atoms. The van der Waals surface area contributed by atoms with E-state index in [0.29, 0.717) is 5.41 Å². The van der Waals surface area contributed by atoms with Crippen LogP contribution in [0.1, 0.15) is 39.0 Å². The molecule has 0 radical (unpaired) electrons. The van der Waals surface area contributed by atoms with Gasteiger partial charge in [0, 0.05) is 0 Å². The van der Waals surface area contributed by atoms with Gasteiger partial charge in [0.2, 0.25) is 0 Å². The molecule has 0 amide bonds. The molecular formula is C11H21NO. The van der Waals surface area contributed by atoms with E-state index in [0.717, 1.165) is 44.1 Å². The molecule has 76 valence electrons. The first kappa shape index (κ1) is 9.47. The summed E-state index contributed by atoms with van der Waals surface area (Å²) in [6.45, 7) is 3.15. The summed E-state index contributed by atoms with van der Waals surface area (Å²) >= 11 is 0. The van der Waals surface area contributed by atoms with Gasteiger partial charge in [0.1, 0.15) is 0 Å². The van der Waals surface area contributed by atoms with Gasteiger partial charge in [0.15, 0.2) is 0 Å². The van der Waals surface area contributed by atoms with E-state index in [9.17, 15) is 5.11 Å². The first-order chi connectivity index (χ1) is 6.18. The lowest BCUT2D eigenvalue weighted by molar-refractivity contribution is 0.0517. The SMILES string of the molecule is CC1CC1C1(CN)CCC(O)CC1. The largest absolute Gasteiger partial charge is 0.393 e. The Kier molecular flexibility index (Phi) is 2.37. The molecule has 0 heterocycles. The highest BCUT2D eigenvalue weighted by molar-refractivity contribution is 5.01. The highest BCUT2D eigenvalue weighted by Gasteiger charge is 2.50. The van der Waals surface area contributed by atoms with Gasteiger partial charge in [0.05, 0.1) is 6.10 Å². The van der Waals surface area contributed by atoms with Gasteiger partial charge in [-0.3, -0.25) is 0 Å². The first-order valence-electron chi connectivity index (χ1n) is 5.56. The lowest BCUT2D eigenvalue weighted by Gasteiger charge is -2.38. The van der Waals surface area contributed by atoms with Crippen LogP contribution in [0.15, 0.2) is 0 Å². The van der Waals surface area contributed by atoms with Gasteiger partial charge in [-0.05, 0) is 55.9 Å². The van der Waals surface area contributed by atoms with E-state index in [2.05, 4.69) is 6.92 Å². The van der Waals surface area contributed by atoms with Crippen LogP contribution in [-0.4, -0.2) is 17.8 Å². The molecule has 2 atom stereocenters. The van der Waals surface area contributed by atoms with Crippen molar-refractivity contribution >= 4 is 0 Å². The van der Waals surface area contributed by atoms with Crippen molar-refractivity contribution in [2.45, 2.75) is 45.1 Å². The number of hydrogen-bond acceptors (Lipinski definition) is 2. The summed E-state index contributed by atoms with van der Waals surface area (Å²) in [5.41, 5.74) is 6.31. The van der Waals surface area contributed by atoms with Crippen molar-refractivity contribution in [2.24, 2.45) is 23.0 Å². The fourth-order valence-electron chi connectivity index (χ4n) is 3.08. The van der Waals surface area contributed by atoms with Crippen molar-refractivity contribution in [3.05, 3.63) is 0 Å². The zero-order valence-corrected chi connectivity index (χ0v) is 8.50. The van der Waals surface area contributed by atoms with Gasteiger partial charge in [-0.15, -0.1) is 0 Å². The minimum absolute atomic E-state index is 0.0475. The third-order valence-corrected chi connectivity index (χ3v) is 4.25. The number of rotatable bonds is 2. The summed E-state index contributed by atoms with van der Waals surface area (Å²) in [5.74, 6) is 1.75. The molecule has 0 aromatic heterocycles. The predicted octanol–water partition coefficient (Wildman–Crippen LogP) is 1.52. The van der Waals surface area contributed by atoms with Gasteiger partial charge < -0.3 is 10.8 Å². The van der Waals surface area contributed by atoms with Crippen LogP contribution in [0.3, 0.4) is 0 Å². The molecule has 3 N–H and O–H groups in total. The molecule has 2 aliphatic carbocycles. The van der Waals surface area contributed by atoms with Crippen LogP contribution in [0, 0.1) is 17.3 Å². The second-order valence-corrected chi connectivity index (χ2v) is 5.12. The van der Waals surface area contributed by atoms with Gasteiger partial charge in [-0.1, -0.05) is 6.92 Å². The fourth-order valence-corrected chi connectivity index (χ4v) is 3.08. The second kappa shape index (κ2) is 3.25. The van der Waals surface area contributed by atoms with E-state index in [1.165, 1.54) is 6.42 Å². The Balaban J connectivity index is 2.00. The highest BCUT2D eigenvalue weighted by atomic mass is 16.3. The van der Waals surface area contributed by atoms with E-state index < -0.39 is 0 Å². The minimum Gasteiger partial charge on any atom is -0.393 e. The number of aliphatic hydroxyl groups is 1. The molecule has 2 rings (SSSR count). The van der Waals surface area contributed by atoms with Crippen molar-refractivity contribution < 1.29 is 5.11 Å². The number of hydrogen-bond donors (Lipinski definition) is 2. The minimum atomic E-state index is -0.0475. The topological polar surface area (TPSA) is 46.2 Å². The third kappa shape index (κ3) is 1.62. The molecule has 2 nitrogen and oxygen atoms in total. The molecule has 0 aromatic rings. The van der Waals surface area contributed by atoms with Crippen molar-refractivity contribution in [3.63, 3.8) is 0 Å². The molecule has 0 aromatic carbocycles. The summed E-state index contributed by atoms with van der Waals surface area (Å²) in [6.07, 6.45) is 5.57. The van der Waals surface area contributed by atoms with Crippen LogP contribution in [0.25, 0.3) is 0 Å². The molecule has 2 heteroatoms. The lowest BCUT2D eigenvalue weighted by atomic mass is 9.69. The maximum absolute atomic E-state index is 9.46. The maximum atomic E-state index is 9.46. The Morgan fingerprint density at radius 1 is 1.38 bits per heavy atom. The van der Waals surface area contributed by atoms with Crippen LogP contribution in [0.5, 0.6) is 0 Å². The Morgan fingerprint density at radius 2 is 1.92 bits per heavy atom. The van der Waals surface area contributed by atoms with E-state index in [1.807, 2.05) is 0 Å². The second-order valence-electron chi connectivity index (χ2n) is 5.12. The Hall–Kier alpha value is -0.0800. The van der Waals surface area contributed by atoms with E-state index >= 15 is 0 Å². The van der Waals surface area contributed by atoms with Crippen LogP contribution < -0.4 is 5.73 Å². The summed E-state index contributed by atoms with van der Waals surface area (Å²) in [5, 5.41) is 9.46. The maximum Gasteiger partial charge on any atom is 0.0540 e. The summed E-state index contributed by atoms with van der Waals surface area (Å²) in [6, 6.07) is 0. The summed E-state index contributed by atoms with van der Waals surface area (Å²) in [4.78, 5) is 0. The summed E-state index contributed by atoms with van der Waals surface area (Å²) in [7, 11) is 0. The van der Waals surface area contributed by atoms with Crippen LogP contribution >= 0.6 is 0 Å². The highest BCUT2D eigenvalue weighted by Crippen LogP contribution is 2.56. The average Bonchev–Trinajstić information content (AvgIpc) is 2.86. The molecule has 0 bridgehead atoms. The van der Waals surface area contributed by atoms with E-state index in [1.54, 1.807) is 0 Å². The van der Waals surface area contributed by atoms with Crippen molar-refractivity contribution in [3.8, 4) is 0 Å². The number of nitrogens with two attached hydrogens (primary N) is 1. The van der Waals surface area contributed by atoms with Crippen LogP contribution in [-0.2, 0) is 0 Å². The third-order valence-electron chi connectivity index (χ3n) is 4.25.